The molecule has 1 aliphatic rings. The Kier molecular flexibility index (Phi) is 12.5. The predicted molar refractivity (Wildman–Crippen MR) is 228 cm³/mol. The van der Waals surface area contributed by atoms with Crippen LogP contribution in [0.25, 0.3) is 21.3 Å². The van der Waals surface area contributed by atoms with Crippen LogP contribution >= 0.6 is 23.1 Å². The van der Waals surface area contributed by atoms with Crippen LogP contribution < -0.4 is 14.9 Å². The summed E-state index contributed by atoms with van der Waals surface area (Å²) in [5.74, 6) is 0.767. The standard InChI is InChI=1S/C41H44N8O4S3/c1-46(2)19-18-31(28-55-33-10-4-3-5-11-33)44-37-17-15-34(26-39(37)49(50)51)56(52,53)45-41-36-16-14-32(25-38(36)42-29-43-41)48-22-20-47(21-23-48)27-30-9-6-7-12-35(30)40-13-8-24-54-40/h3-17,24-26,29,31,44H,18-23,27-28H2,1-2H3,(H,42,43,45). The Balaban J connectivity index is 1.03. The third kappa shape index (κ3) is 9.65. The van der Waals surface area contributed by atoms with Crippen LogP contribution in [0.4, 0.5) is 22.9 Å². The number of hydrogen-bond donors (Lipinski definition) is 2. The van der Waals surface area contributed by atoms with E-state index in [1.54, 1.807) is 23.1 Å². The quantitative estimate of drug-likeness (QED) is 0.0561. The van der Waals surface area contributed by atoms with Gasteiger partial charge in [-0.15, -0.1) is 23.1 Å². The normalized spacial score (nSPS) is 14.2. The second-order valence-corrected chi connectivity index (χ2v) is 17.6. The lowest BCUT2D eigenvalue weighted by atomic mass is 10.1. The Bertz CT molecular complexity index is 2370. The molecule has 1 unspecified atom stereocenters. The van der Waals surface area contributed by atoms with Crippen LogP contribution in [0.2, 0.25) is 0 Å². The molecular formula is C41H44N8O4S3. The minimum Gasteiger partial charge on any atom is -0.376 e. The summed E-state index contributed by atoms with van der Waals surface area (Å²) >= 11 is 3.41. The molecule has 12 nitrogen and oxygen atoms in total. The molecule has 56 heavy (non-hydrogen) atoms. The van der Waals surface area contributed by atoms with Gasteiger partial charge in [-0.25, -0.2) is 18.4 Å². The van der Waals surface area contributed by atoms with Crippen LogP contribution in [0.1, 0.15) is 12.0 Å². The van der Waals surface area contributed by atoms with Crippen molar-refractivity contribution in [3.63, 3.8) is 0 Å². The minimum absolute atomic E-state index is 0.0994. The number of nitro groups is 1. The zero-order chi connectivity index (χ0) is 39.1. The Morgan fingerprint density at radius 3 is 2.46 bits per heavy atom. The fourth-order valence-corrected chi connectivity index (χ4v) is 9.57. The van der Waals surface area contributed by atoms with Crippen LogP contribution in [-0.2, 0) is 16.6 Å². The van der Waals surface area contributed by atoms with E-state index in [4.69, 9.17) is 0 Å². The summed E-state index contributed by atoms with van der Waals surface area (Å²) in [6.07, 6.45) is 2.05. The van der Waals surface area contributed by atoms with Crippen LogP contribution in [0, 0.1) is 10.1 Å². The van der Waals surface area contributed by atoms with Crippen molar-refractivity contribution in [3.05, 3.63) is 131 Å². The first-order valence-corrected chi connectivity index (χ1v) is 21.7. The van der Waals surface area contributed by atoms with Crippen molar-refractivity contribution in [2.75, 3.05) is 67.5 Å². The van der Waals surface area contributed by atoms with E-state index in [1.165, 1.54) is 34.5 Å². The van der Waals surface area contributed by atoms with Gasteiger partial charge in [0, 0.05) is 71.4 Å². The number of thioether (sulfide) groups is 1. The van der Waals surface area contributed by atoms with Gasteiger partial charge in [-0.3, -0.25) is 19.7 Å². The Morgan fingerprint density at radius 1 is 0.929 bits per heavy atom. The number of anilines is 3. The van der Waals surface area contributed by atoms with Crippen molar-refractivity contribution >= 4 is 66.9 Å². The van der Waals surface area contributed by atoms with Crippen molar-refractivity contribution in [3.8, 4) is 10.4 Å². The lowest BCUT2D eigenvalue weighted by molar-refractivity contribution is -0.384. The van der Waals surface area contributed by atoms with Gasteiger partial charge in [0.15, 0.2) is 5.82 Å². The maximum Gasteiger partial charge on any atom is 0.293 e. The molecule has 4 aromatic carbocycles. The minimum atomic E-state index is -4.25. The van der Waals surface area contributed by atoms with E-state index in [9.17, 15) is 18.5 Å². The first-order valence-electron chi connectivity index (χ1n) is 18.4. The monoisotopic (exact) mass is 808 g/mol. The van der Waals surface area contributed by atoms with Crippen molar-refractivity contribution in [1.82, 2.24) is 19.8 Å². The molecule has 0 saturated carbocycles. The molecule has 290 valence electrons. The number of aromatic nitrogens is 2. The van der Waals surface area contributed by atoms with E-state index >= 15 is 0 Å². The number of nitro benzene ring substituents is 1. The summed E-state index contributed by atoms with van der Waals surface area (Å²) < 4.78 is 30.0. The lowest BCUT2D eigenvalue weighted by Gasteiger charge is -2.36. The molecule has 0 bridgehead atoms. The van der Waals surface area contributed by atoms with Crippen molar-refractivity contribution in [2.24, 2.45) is 0 Å². The van der Waals surface area contributed by atoms with Crippen molar-refractivity contribution < 1.29 is 13.3 Å². The number of hydrogen-bond acceptors (Lipinski definition) is 12. The number of rotatable bonds is 16. The van der Waals surface area contributed by atoms with E-state index in [1.807, 2.05) is 62.6 Å². The van der Waals surface area contributed by atoms with Gasteiger partial charge in [-0.1, -0.05) is 48.5 Å². The molecule has 0 aliphatic carbocycles. The van der Waals surface area contributed by atoms with Gasteiger partial charge in [0.05, 0.1) is 15.3 Å². The number of nitrogens with one attached hydrogen (secondary N) is 2. The molecule has 7 rings (SSSR count). The van der Waals surface area contributed by atoms with E-state index in [0.29, 0.717) is 16.7 Å². The first kappa shape index (κ1) is 39.2. The van der Waals surface area contributed by atoms with Gasteiger partial charge in [-0.2, -0.15) is 0 Å². The van der Waals surface area contributed by atoms with Gasteiger partial charge in [0.2, 0.25) is 0 Å². The number of nitrogens with zero attached hydrogens (tertiary/aromatic N) is 6. The average molecular weight is 809 g/mol. The summed E-state index contributed by atoms with van der Waals surface area (Å²) in [6.45, 7) is 5.12. The molecule has 0 spiro atoms. The molecule has 1 fully saturated rings. The van der Waals surface area contributed by atoms with Crippen molar-refractivity contribution in [2.45, 2.75) is 28.8 Å². The van der Waals surface area contributed by atoms with Crippen LogP contribution in [0.15, 0.2) is 125 Å². The third-order valence-corrected chi connectivity index (χ3v) is 13.2. The molecule has 0 amide bonds. The molecule has 1 aliphatic heterocycles. The summed E-state index contributed by atoms with van der Waals surface area (Å²) in [4.78, 5) is 29.4. The highest BCUT2D eigenvalue weighted by Crippen LogP contribution is 2.33. The zero-order valence-electron chi connectivity index (χ0n) is 31.2. The number of fused-ring (bicyclic) bond motifs is 1. The van der Waals surface area contributed by atoms with E-state index in [2.05, 4.69) is 76.5 Å². The summed E-state index contributed by atoms with van der Waals surface area (Å²) in [6, 6.07) is 32.4. The summed E-state index contributed by atoms with van der Waals surface area (Å²) in [5.41, 5.74) is 4.12. The number of thiophene rings is 1. The van der Waals surface area contributed by atoms with Crippen LogP contribution in [0.5, 0.6) is 0 Å². The third-order valence-electron chi connectivity index (χ3n) is 9.74. The number of piperazine rings is 1. The molecule has 2 aromatic heterocycles. The average Bonchev–Trinajstić information content (AvgIpc) is 3.75. The maximum atomic E-state index is 13.7. The Labute approximate surface area is 335 Å². The second-order valence-electron chi connectivity index (χ2n) is 13.9. The molecular weight excluding hydrogens is 765 g/mol. The number of benzene rings is 4. The molecule has 15 heteroatoms. The molecule has 0 radical (unpaired) electrons. The van der Waals surface area contributed by atoms with Crippen LogP contribution in [-0.4, -0.2) is 91.7 Å². The smallest absolute Gasteiger partial charge is 0.293 e. The predicted octanol–water partition coefficient (Wildman–Crippen LogP) is 7.91. The fraction of sp³-hybridized carbons (Fsp3) is 0.268. The fourth-order valence-electron chi connectivity index (χ4n) is 6.74. The van der Waals surface area contributed by atoms with Crippen molar-refractivity contribution in [1.29, 1.82) is 0 Å². The molecule has 6 aromatic rings. The van der Waals surface area contributed by atoms with Gasteiger partial charge >= 0.3 is 0 Å². The second kappa shape index (κ2) is 17.8. The SMILES string of the molecule is CN(C)CCC(CSc1ccccc1)Nc1ccc(S(=O)(=O)Nc2ncnc3cc(N4CCN(Cc5ccccc5-c5cccs5)CC4)ccc23)cc1[N+](=O)[O-]. The van der Waals surface area contributed by atoms with Crippen LogP contribution in [0.3, 0.4) is 0 Å². The lowest BCUT2D eigenvalue weighted by Crippen LogP contribution is -2.46. The van der Waals surface area contributed by atoms with E-state index < -0.39 is 14.9 Å². The zero-order valence-corrected chi connectivity index (χ0v) is 33.7. The largest absolute Gasteiger partial charge is 0.376 e. The number of sulfonamides is 1. The highest BCUT2D eigenvalue weighted by atomic mass is 32.2. The molecule has 2 N–H and O–H groups in total. The topological polar surface area (TPSA) is 137 Å². The summed E-state index contributed by atoms with van der Waals surface area (Å²) in [7, 11) is -0.294. The Morgan fingerprint density at radius 2 is 1.71 bits per heavy atom. The van der Waals surface area contributed by atoms with Gasteiger partial charge < -0.3 is 15.1 Å². The highest BCUT2D eigenvalue weighted by molar-refractivity contribution is 7.99. The van der Waals surface area contributed by atoms with Gasteiger partial charge in [0.25, 0.3) is 15.7 Å². The van der Waals surface area contributed by atoms with E-state index in [0.717, 1.165) is 62.3 Å². The molecule has 3 heterocycles. The van der Waals surface area contributed by atoms with E-state index in [-0.39, 0.29) is 28.1 Å². The maximum absolute atomic E-state index is 13.7. The molecule has 1 saturated heterocycles. The van der Waals surface area contributed by atoms with Gasteiger partial charge in [0.1, 0.15) is 12.0 Å². The van der Waals surface area contributed by atoms with Gasteiger partial charge in [-0.05, 0) is 92.1 Å². The highest BCUT2D eigenvalue weighted by Gasteiger charge is 2.25. The first-order chi connectivity index (χ1) is 27.1. The summed E-state index contributed by atoms with van der Waals surface area (Å²) in [5, 5.41) is 18.3. The molecule has 1 atom stereocenters. The Hall–Kier alpha value is -5.06.